The molecular formula is C59H108O9. The lowest BCUT2D eigenvalue weighted by Crippen LogP contribution is -2.59. The SMILES string of the molecule is CCCCCCC/C=C\C/C=C\C/C=C\CCCCCCCCC(=O)OC(COCCCCCCCCCCCCCC/C=C\CCCCCCCCCC)COC1OC(CO)C(O)C(O)C1O. The van der Waals surface area contributed by atoms with Crippen LogP contribution in [0.3, 0.4) is 0 Å². The molecule has 68 heavy (non-hydrogen) atoms. The van der Waals surface area contributed by atoms with Crippen LogP contribution in [0.1, 0.15) is 258 Å². The minimum absolute atomic E-state index is 0.118. The van der Waals surface area contributed by atoms with E-state index in [-0.39, 0.29) is 19.2 Å². The molecule has 398 valence electrons. The number of aliphatic hydroxyl groups is 4. The number of allylic oxidation sites excluding steroid dienone is 8. The second-order valence-electron chi connectivity index (χ2n) is 19.7. The van der Waals surface area contributed by atoms with E-state index in [4.69, 9.17) is 18.9 Å². The number of hydrogen-bond acceptors (Lipinski definition) is 9. The van der Waals surface area contributed by atoms with Crippen LogP contribution < -0.4 is 0 Å². The lowest BCUT2D eigenvalue weighted by atomic mass is 9.99. The molecule has 4 N–H and O–H groups in total. The second kappa shape index (κ2) is 50.1. The number of rotatable bonds is 50. The van der Waals surface area contributed by atoms with Crippen molar-refractivity contribution < 1.29 is 44.2 Å². The minimum Gasteiger partial charge on any atom is -0.457 e. The lowest BCUT2D eigenvalue weighted by molar-refractivity contribution is -0.305. The van der Waals surface area contributed by atoms with Gasteiger partial charge >= 0.3 is 5.97 Å². The monoisotopic (exact) mass is 961 g/mol. The molecule has 0 aromatic carbocycles. The van der Waals surface area contributed by atoms with E-state index in [2.05, 4.69) is 62.5 Å². The summed E-state index contributed by atoms with van der Waals surface area (Å²) in [6.07, 6.45) is 57.3. The first-order valence-corrected chi connectivity index (χ1v) is 28.7. The Morgan fingerprint density at radius 1 is 0.471 bits per heavy atom. The fourth-order valence-corrected chi connectivity index (χ4v) is 8.73. The van der Waals surface area contributed by atoms with E-state index in [0.717, 1.165) is 57.8 Å². The second-order valence-corrected chi connectivity index (χ2v) is 19.7. The van der Waals surface area contributed by atoms with Crippen molar-refractivity contribution in [2.75, 3.05) is 26.4 Å². The molecule has 0 saturated carbocycles. The first-order valence-electron chi connectivity index (χ1n) is 28.7. The van der Waals surface area contributed by atoms with Crippen LogP contribution >= 0.6 is 0 Å². The smallest absolute Gasteiger partial charge is 0.306 e. The summed E-state index contributed by atoms with van der Waals surface area (Å²) < 4.78 is 23.0. The van der Waals surface area contributed by atoms with Crippen molar-refractivity contribution in [2.45, 2.75) is 295 Å². The van der Waals surface area contributed by atoms with Gasteiger partial charge in [-0.05, 0) is 77.0 Å². The van der Waals surface area contributed by atoms with Crippen molar-refractivity contribution in [3.8, 4) is 0 Å². The predicted octanol–water partition coefficient (Wildman–Crippen LogP) is 14.8. The van der Waals surface area contributed by atoms with Crippen LogP contribution in [-0.4, -0.2) is 89.6 Å². The quantitative estimate of drug-likeness (QED) is 0.0267. The van der Waals surface area contributed by atoms with Crippen LogP contribution in [-0.2, 0) is 23.7 Å². The predicted molar refractivity (Wildman–Crippen MR) is 284 cm³/mol. The van der Waals surface area contributed by atoms with Gasteiger partial charge in [-0.2, -0.15) is 0 Å². The molecule has 6 unspecified atom stereocenters. The lowest BCUT2D eigenvalue weighted by Gasteiger charge is -2.39. The molecule has 1 aliphatic heterocycles. The van der Waals surface area contributed by atoms with Crippen LogP contribution in [0, 0.1) is 0 Å². The molecule has 1 fully saturated rings. The summed E-state index contributed by atoms with van der Waals surface area (Å²) >= 11 is 0. The molecule has 1 rings (SSSR count). The summed E-state index contributed by atoms with van der Waals surface area (Å²) in [5, 5.41) is 40.3. The van der Waals surface area contributed by atoms with Crippen LogP contribution in [0.4, 0.5) is 0 Å². The van der Waals surface area contributed by atoms with E-state index in [9.17, 15) is 25.2 Å². The largest absolute Gasteiger partial charge is 0.457 e. The molecular weight excluding hydrogens is 853 g/mol. The zero-order chi connectivity index (χ0) is 49.2. The molecule has 6 atom stereocenters. The van der Waals surface area contributed by atoms with Crippen molar-refractivity contribution in [1.82, 2.24) is 0 Å². The Labute approximate surface area is 418 Å². The zero-order valence-electron chi connectivity index (χ0n) is 44.1. The Morgan fingerprint density at radius 3 is 1.29 bits per heavy atom. The third kappa shape index (κ3) is 39.8. The summed E-state index contributed by atoms with van der Waals surface area (Å²) in [5.74, 6) is -0.323. The molecule has 9 nitrogen and oxygen atoms in total. The third-order valence-electron chi connectivity index (χ3n) is 13.2. The number of esters is 1. The van der Waals surface area contributed by atoms with E-state index in [1.165, 1.54) is 180 Å². The van der Waals surface area contributed by atoms with Gasteiger partial charge in [-0.25, -0.2) is 0 Å². The maximum Gasteiger partial charge on any atom is 0.306 e. The van der Waals surface area contributed by atoms with E-state index in [1.807, 2.05) is 0 Å². The summed E-state index contributed by atoms with van der Waals surface area (Å²) in [4.78, 5) is 12.9. The number of ether oxygens (including phenoxy) is 4. The summed E-state index contributed by atoms with van der Waals surface area (Å²) in [7, 11) is 0. The number of unbranched alkanes of at least 4 members (excludes halogenated alkanes) is 31. The Morgan fingerprint density at radius 2 is 0.853 bits per heavy atom. The van der Waals surface area contributed by atoms with Crippen molar-refractivity contribution in [3.63, 3.8) is 0 Å². The molecule has 1 saturated heterocycles. The number of hydrogen-bond donors (Lipinski definition) is 4. The van der Waals surface area contributed by atoms with Crippen LogP contribution in [0.25, 0.3) is 0 Å². The van der Waals surface area contributed by atoms with E-state index >= 15 is 0 Å². The highest BCUT2D eigenvalue weighted by Gasteiger charge is 2.44. The summed E-state index contributed by atoms with van der Waals surface area (Å²) in [5.41, 5.74) is 0. The van der Waals surface area contributed by atoms with Gasteiger partial charge in [-0.3, -0.25) is 4.79 Å². The van der Waals surface area contributed by atoms with Gasteiger partial charge in [-0.15, -0.1) is 0 Å². The third-order valence-corrected chi connectivity index (χ3v) is 13.2. The van der Waals surface area contributed by atoms with Gasteiger partial charge in [-0.1, -0.05) is 223 Å². The Kier molecular flexibility index (Phi) is 47.3. The Hall–Kier alpha value is -1.85. The topological polar surface area (TPSA) is 135 Å². The highest BCUT2D eigenvalue weighted by Crippen LogP contribution is 2.23. The van der Waals surface area contributed by atoms with Crippen molar-refractivity contribution in [3.05, 3.63) is 48.6 Å². The Bertz CT molecular complexity index is 1180. The zero-order valence-corrected chi connectivity index (χ0v) is 44.1. The van der Waals surface area contributed by atoms with Crippen LogP contribution in [0.2, 0.25) is 0 Å². The maximum atomic E-state index is 12.9. The number of carbonyl (C=O) groups is 1. The summed E-state index contributed by atoms with van der Waals surface area (Å²) in [6.45, 7) is 4.57. The van der Waals surface area contributed by atoms with Gasteiger partial charge in [0.2, 0.25) is 0 Å². The standard InChI is InChI=1S/C59H108O9/c1-3-5-7-9-11-13-15-17-19-21-23-25-26-27-29-31-33-35-37-39-41-43-45-47-49-65-51-53(52-66-59-58(64)57(63)56(62)54(50-60)68-59)67-55(61)48-46-44-42-40-38-36-34-32-30-28-24-22-20-18-16-14-12-10-8-6-4-2/h16,18,21-24,30,32,53-54,56-60,62-64H,3-15,17,19-20,25-29,31,33-52H2,1-2H3/b18-16-,23-21-,24-22-,32-30-. The van der Waals surface area contributed by atoms with Crippen LogP contribution in [0.5, 0.6) is 0 Å². The first kappa shape index (κ1) is 64.2. The average Bonchev–Trinajstić information content (AvgIpc) is 3.34. The highest BCUT2D eigenvalue weighted by atomic mass is 16.7. The van der Waals surface area contributed by atoms with Gasteiger partial charge in [0, 0.05) is 13.0 Å². The Balaban J connectivity index is 2.17. The van der Waals surface area contributed by atoms with Gasteiger partial charge in [0.15, 0.2) is 6.29 Å². The molecule has 0 bridgehead atoms. The van der Waals surface area contributed by atoms with Crippen LogP contribution in [0.15, 0.2) is 48.6 Å². The van der Waals surface area contributed by atoms with E-state index in [0.29, 0.717) is 13.0 Å². The fraction of sp³-hybridized carbons (Fsp3) is 0.847. The fourth-order valence-electron chi connectivity index (χ4n) is 8.73. The average molecular weight is 962 g/mol. The molecule has 0 radical (unpaired) electrons. The van der Waals surface area contributed by atoms with Gasteiger partial charge in [0.1, 0.15) is 30.5 Å². The van der Waals surface area contributed by atoms with Gasteiger partial charge in [0.25, 0.3) is 0 Å². The normalized spacial score (nSPS) is 19.4. The first-order chi connectivity index (χ1) is 33.4. The van der Waals surface area contributed by atoms with Crippen molar-refractivity contribution in [2.24, 2.45) is 0 Å². The molecule has 1 heterocycles. The maximum absolute atomic E-state index is 12.9. The summed E-state index contributed by atoms with van der Waals surface area (Å²) in [6, 6.07) is 0. The van der Waals surface area contributed by atoms with E-state index < -0.39 is 43.4 Å². The van der Waals surface area contributed by atoms with E-state index in [1.54, 1.807) is 0 Å². The molecule has 0 aromatic rings. The minimum atomic E-state index is -1.54. The van der Waals surface area contributed by atoms with Crippen molar-refractivity contribution in [1.29, 1.82) is 0 Å². The number of aliphatic hydroxyl groups excluding tert-OH is 4. The molecule has 0 aromatic heterocycles. The molecule has 9 heteroatoms. The molecule has 0 aliphatic carbocycles. The molecule has 1 aliphatic rings. The van der Waals surface area contributed by atoms with Gasteiger partial charge in [0.05, 0.1) is 19.8 Å². The molecule has 0 spiro atoms. The van der Waals surface area contributed by atoms with Crippen molar-refractivity contribution >= 4 is 5.97 Å². The molecule has 0 amide bonds. The highest BCUT2D eigenvalue weighted by molar-refractivity contribution is 5.69. The van der Waals surface area contributed by atoms with Gasteiger partial charge < -0.3 is 39.4 Å². The number of carbonyl (C=O) groups excluding carboxylic acids is 1.